The summed E-state index contributed by atoms with van der Waals surface area (Å²) in [7, 11) is 2.05. The molecule has 3 heteroatoms. The van der Waals surface area contributed by atoms with Crippen molar-refractivity contribution in [2.75, 3.05) is 20.3 Å². The molecule has 0 aromatic carbocycles. The fourth-order valence-corrected chi connectivity index (χ4v) is 1.82. The lowest BCUT2D eigenvalue weighted by Crippen LogP contribution is -2.42. The lowest BCUT2D eigenvalue weighted by molar-refractivity contribution is 0.0354. The molecular formula is C10H18N2O. The van der Waals surface area contributed by atoms with Crippen LogP contribution in [0, 0.1) is 11.3 Å². The van der Waals surface area contributed by atoms with E-state index in [9.17, 15) is 0 Å². The summed E-state index contributed by atoms with van der Waals surface area (Å²) in [5, 5.41) is 8.90. The molecule has 0 spiro atoms. The zero-order valence-corrected chi connectivity index (χ0v) is 8.49. The molecule has 0 N–H and O–H groups in total. The summed E-state index contributed by atoms with van der Waals surface area (Å²) in [5.74, 6) is 0. The summed E-state index contributed by atoms with van der Waals surface area (Å²) in [5.41, 5.74) is 0. The first-order chi connectivity index (χ1) is 6.29. The molecule has 1 aliphatic rings. The predicted octanol–water partition coefficient (Wildman–Crippen LogP) is 1.40. The Kier molecular flexibility index (Phi) is 4.20. The van der Waals surface area contributed by atoms with Crippen LogP contribution in [0.3, 0.4) is 0 Å². The number of nitriles is 1. The predicted molar refractivity (Wildman–Crippen MR) is 51.3 cm³/mol. The highest BCUT2D eigenvalue weighted by molar-refractivity contribution is 4.92. The van der Waals surface area contributed by atoms with Gasteiger partial charge in [0.2, 0.25) is 0 Å². The molecule has 1 atom stereocenters. The van der Waals surface area contributed by atoms with E-state index in [2.05, 4.69) is 17.9 Å². The van der Waals surface area contributed by atoms with Crippen LogP contribution in [0.15, 0.2) is 0 Å². The van der Waals surface area contributed by atoms with Gasteiger partial charge in [0, 0.05) is 19.3 Å². The van der Waals surface area contributed by atoms with Crippen LogP contribution >= 0.6 is 0 Å². The first-order valence-corrected chi connectivity index (χ1v) is 4.99. The number of hydrogen-bond donors (Lipinski definition) is 0. The fourth-order valence-electron chi connectivity index (χ4n) is 1.82. The number of ether oxygens (including phenoxy) is 1. The Morgan fingerprint density at radius 1 is 1.54 bits per heavy atom. The average molecular weight is 182 g/mol. The van der Waals surface area contributed by atoms with E-state index >= 15 is 0 Å². The number of nitrogens with zero attached hydrogens (tertiary/aromatic N) is 2. The van der Waals surface area contributed by atoms with E-state index in [1.54, 1.807) is 0 Å². The Hall–Kier alpha value is -0.590. The summed E-state index contributed by atoms with van der Waals surface area (Å²) in [6, 6.07) is 2.95. The molecule has 3 nitrogen and oxygen atoms in total. The molecule has 13 heavy (non-hydrogen) atoms. The molecule has 0 saturated carbocycles. The molecule has 1 rings (SSSR count). The number of rotatable bonds is 3. The van der Waals surface area contributed by atoms with Gasteiger partial charge in [-0.05, 0) is 26.3 Å². The lowest BCUT2D eigenvalue weighted by Gasteiger charge is -2.33. The maximum absolute atomic E-state index is 8.90. The van der Waals surface area contributed by atoms with E-state index in [0.29, 0.717) is 6.04 Å². The van der Waals surface area contributed by atoms with Gasteiger partial charge in [0.15, 0.2) is 0 Å². The van der Waals surface area contributed by atoms with Crippen molar-refractivity contribution in [2.24, 2.45) is 0 Å². The molecule has 1 heterocycles. The molecule has 0 aliphatic carbocycles. The Bertz CT molecular complexity index is 182. The minimum atomic E-state index is 0.0723. The third kappa shape index (κ3) is 2.68. The maximum Gasteiger partial charge on any atom is 0.0975 e. The Labute approximate surface area is 80.3 Å². The molecule has 1 saturated heterocycles. The third-order valence-corrected chi connectivity index (χ3v) is 2.79. The van der Waals surface area contributed by atoms with Gasteiger partial charge in [-0.2, -0.15) is 5.26 Å². The number of hydrogen-bond acceptors (Lipinski definition) is 3. The highest BCUT2D eigenvalue weighted by Gasteiger charge is 2.23. The molecule has 0 aromatic heterocycles. The second-order valence-corrected chi connectivity index (χ2v) is 3.56. The van der Waals surface area contributed by atoms with E-state index in [4.69, 9.17) is 10.00 Å². The van der Waals surface area contributed by atoms with Crippen molar-refractivity contribution in [2.45, 2.75) is 38.3 Å². The van der Waals surface area contributed by atoms with Crippen molar-refractivity contribution in [3.8, 4) is 6.07 Å². The van der Waals surface area contributed by atoms with Gasteiger partial charge in [-0.15, -0.1) is 0 Å². The topological polar surface area (TPSA) is 36.3 Å². The van der Waals surface area contributed by atoms with Gasteiger partial charge in [-0.25, -0.2) is 0 Å². The van der Waals surface area contributed by atoms with Gasteiger partial charge in [0.1, 0.15) is 0 Å². The van der Waals surface area contributed by atoms with Crippen LogP contribution < -0.4 is 0 Å². The Morgan fingerprint density at radius 2 is 2.15 bits per heavy atom. The van der Waals surface area contributed by atoms with Crippen LogP contribution in [0.2, 0.25) is 0 Å². The van der Waals surface area contributed by atoms with Crippen molar-refractivity contribution >= 4 is 0 Å². The molecule has 1 unspecified atom stereocenters. The fraction of sp³-hybridized carbons (Fsp3) is 0.900. The first kappa shape index (κ1) is 10.5. The third-order valence-electron chi connectivity index (χ3n) is 2.79. The maximum atomic E-state index is 8.90. The molecule has 1 aliphatic heterocycles. The van der Waals surface area contributed by atoms with Gasteiger partial charge in [0.25, 0.3) is 0 Å². The van der Waals surface area contributed by atoms with Crippen LogP contribution in [0.5, 0.6) is 0 Å². The molecule has 1 fully saturated rings. The smallest absolute Gasteiger partial charge is 0.0975 e. The van der Waals surface area contributed by atoms with Crippen molar-refractivity contribution in [1.82, 2.24) is 4.90 Å². The van der Waals surface area contributed by atoms with Gasteiger partial charge >= 0.3 is 0 Å². The minimum absolute atomic E-state index is 0.0723. The summed E-state index contributed by atoms with van der Waals surface area (Å²) in [6.07, 6.45) is 3.04. The summed E-state index contributed by atoms with van der Waals surface area (Å²) in [4.78, 5) is 2.20. The SMILES string of the molecule is CCC(C#N)N(C)C1CCOCC1. The highest BCUT2D eigenvalue weighted by Crippen LogP contribution is 2.16. The van der Waals surface area contributed by atoms with Crippen LogP contribution in [-0.4, -0.2) is 37.2 Å². The van der Waals surface area contributed by atoms with E-state index < -0.39 is 0 Å². The monoisotopic (exact) mass is 182 g/mol. The normalized spacial score (nSPS) is 21.4. The molecule has 0 aromatic rings. The van der Waals surface area contributed by atoms with Gasteiger partial charge in [-0.3, -0.25) is 4.90 Å². The molecule has 74 valence electrons. The molecule has 0 amide bonds. The average Bonchev–Trinajstić information content (AvgIpc) is 2.21. The van der Waals surface area contributed by atoms with Crippen LogP contribution in [0.25, 0.3) is 0 Å². The van der Waals surface area contributed by atoms with Crippen LogP contribution in [0.4, 0.5) is 0 Å². The van der Waals surface area contributed by atoms with E-state index in [0.717, 1.165) is 32.5 Å². The van der Waals surface area contributed by atoms with E-state index in [-0.39, 0.29) is 6.04 Å². The van der Waals surface area contributed by atoms with Crippen molar-refractivity contribution in [3.63, 3.8) is 0 Å². The quantitative estimate of drug-likeness (QED) is 0.662. The largest absolute Gasteiger partial charge is 0.381 e. The standard InChI is InChI=1S/C10H18N2O/c1-3-9(8-11)12(2)10-4-6-13-7-5-10/h9-10H,3-7H2,1-2H3. The van der Waals surface area contributed by atoms with Crippen molar-refractivity contribution in [1.29, 1.82) is 5.26 Å². The molecule has 0 radical (unpaired) electrons. The summed E-state index contributed by atoms with van der Waals surface area (Å²) < 4.78 is 5.29. The van der Waals surface area contributed by atoms with Crippen molar-refractivity contribution in [3.05, 3.63) is 0 Å². The molecular weight excluding hydrogens is 164 g/mol. The second kappa shape index (κ2) is 5.21. The zero-order chi connectivity index (χ0) is 9.68. The van der Waals surface area contributed by atoms with E-state index in [1.807, 2.05) is 7.05 Å². The Morgan fingerprint density at radius 3 is 2.62 bits per heavy atom. The molecule has 0 bridgehead atoms. The lowest BCUT2D eigenvalue weighted by atomic mass is 10.1. The van der Waals surface area contributed by atoms with Crippen LogP contribution in [0.1, 0.15) is 26.2 Å². The second-order valence-electron chi connectivity index (χ2n) is 3.56. The van der Waals surface area contributed by atoms with E-state index in [1.165, 1.54) is 0 Å². The van der Waals surface area contributed by atoms with Crippen LogP contribution in [-0.2, 0) is 4.74 Å². The van der Waals surface area contributed by atoms with Gasteiger partial charge < -0.3 is 4.74 Å². The Balaban J connectivity index is 2.44. The summed E-state index contributed by atoms with van der Waals surface area (Å²) in [6.45, 7) is 3.75. The zero-order valence-electron chi connectivity index (χ0n) is 8.49. The van der Waals surface area contributed by atoms with Crippen molar-refractivity contribution < 1.29 is 4.74 Å². The van der Waals surface area contributed by atoms with Gasteiger partial charge in [-0.1, -0.05) is 6.92 Å². The summed E-state index contributed by atoms with van der Waals surface area (Å²) >= 11 is 0. The van der Waals surface area contributed by atoms with Gasteiger partial charge in [0.05, 0.1) is 12.1 Å². The first-order valence-electron chi connectivity index (χ1n) is 4.99. The minimum Gasteiger partial charge on any atom is -0.381 e. The highest BCUT2D eigenvalue weighted by atomic mass is 16.5.